The maximum absolute atomic E-state index is 13.4. The lowest BCUT2D eigenvalue weighted by Crippen LogP contribution is -2.26. The summed E-state index contributed by atoms with van der Waals surface area (Å²) in [5.41, 5.74) is 6.48. The number of halogens is 1. The third-order valence-corrected chi connectivity index (χ3v) is 6.87. The van der Waals surface area contributed by atoms with Crippen molar-refractivity contribution in [2.75, 3.05) is 11.9 Å². The van der Waals surface area contributed by atoms with Gasteiger partial charge in [-0.3, -0.25) is 4.57 Å². The van der Waals surface area contributed by atoms with Gasteiger partial charge in [0.15, 0.2) is 5.82 Å². The smallest absolute Gasteiger partial charge is 0.161 e. The number of aliphatic hydroxyl groups is 1. The second kappa shape index (κ2) is 7.64. The summed E-state index contributed by atoms with van der Waals surface area (Å²) in [5, 5.41) is 13.3. The van der Waals surface area contributed by atoms with Gasteiger partial charge >= 0.3 is 0 Å². The molecule has 0 unspecified atom stereocenters. The number of aliphatic hydroxyl groups excluding tert-OH is 1. The molecule has 1 fully saturated rings. The molecule has 3 heterocycles. The minimum atomic E-state index is -0.232. The molecule has 2 aromatic heterocycles. The summed E-state index contributed by atoms with van der Waals surface area (Å²) in [5.74, 6) is 0.988. The maximum atomic E-state index is 13.4. The number of rotatable bonds is 4. The molecule has 2 aromatic carbocycles. The van der Waals surface area contributed by atoms with Gasteiger partial charge in [0.05, 0.1) is 11.4 Å². The Morgan fingerprint density at radius 1 is 1.06 bits per heavy atom. The van der Waals surface area contributed by atoms with Crippen LogP contribution in [0.25, 0.3) is 28.3 Å². The fourth-order valence-electron chi connectivity index (χ4n) is 5.20. The molecule has 2 aliphatic rings. The molecule has 32 heavy (non-hydrogen) atoms. The van der Waals surface area contributed by atoms with Crippen molar-refractivity contribution in [3.63, 3.8) is 0 Å². The summed E-state index contributed by atoms with van der Waals surface area (Å²) in [7, 11) is 0. The van der Waals surface area contributed by atoms with Crippen molar-refractivity contribution in [3.05, 3.63) is 78.5 Å². The van der Waals surface area contributed by atoms with Gasteiger partial charge in [-0.15, -0.1) is 0 Å². The Kier molecular flexibility index (Phi) is 4.61. The molecule has 4 aromatic rings. The number of anilines is 1. The number of nitrogens with zero attached hydrogens (tertiary/aromatic N) is 3. The quantitative estimate of drug-likeness (QED) is 0.420. The number of imidazole rings is 1. The fraction of sp³-hybridized carbons (Fsp3) is 0.269. The van der Waals surface area contributed by atoms with E-state index in [1.165, 1.54) is 17.7 Å². The summed E-state index contributed by atoms with van der Waals surface area (Å²) in [6.07, 6.45) is 9.28. The number of aromatic nitrogens is 3. The highest BCUT2D eigenvalue weighted by atomic mass is 19.1. The van der Waals surface area contributed by atoms with E-state index in [9.17, 15) is 9.50 Å². The molecule has 6 heteroatoms. The first-order valence-corrected chi connectivity index (χ1v) is 11.2. The van der Waals surface area contributed by atoms with Crippen molar-refractivity contribution in [2.45, 2.75) is 31.8 Å². The number of benzene rings is 2. The van der Waals surface area contributed by atoms with E-state index in [4.69, 9.17) is 0 Å². The van der Waals surface area contributed by atoms with Gasteiger partial charge in [-0.2, -0.15) is 0 Å². The van der Waals surface area contributed by atoms with Crippen LogP contribution in [0.15, 0.2) is 67.1 Å². The standard InChI is InChI=1S/C26H25FN4O/c27-21-6-4-17(5-7-21)19-13-25-26-28-10-11-31(26)24-9-8-22(12-20(24)15-30(25)14-19)29-23-3-1-2-18(23)16-32/h4-14,18,23,29,32H,1-3,15-16H2/t18-,23+/m0/s1. The Morgan fingerprint density at radius 3 is 2.78 bits per heavy atom. The monoisotopic (exact) mass is 428 g/mol. The first kappa shape index (κ1) is 19.3. The Labute approximate surface area is 186 Å². The van der Waals surface area contributed by atoms with Gasteiger partial charge in [0.1, 0.15) is 5.82 Å². The first-order valence-electron chi connectivity index (χ1n) is 11.2. The van der Waals surface area contributed by atoms with Gasteiger partial charge in [-0.1, -0.05) is 18.6 Å². The van der Waals surface area contributed by atoms with E-state index in [0.717, 1.165) is 59.8 Å². The minimum absolute atomic E-state index is 0.232. The Bertz CT molecular complexity index is 1270. The van der Waals surface area contributed by atoms with Gasteiger partial charge in [0.25, 0.3) is 0 Å². The second-order valence-electron chi connectivity index (χ2n) is 8.84. The number of nitrogens with one attached hydrogen (secondary N) is 1. The van der Waals surface area contributed by atoms with Crippen LogP contribution in [0.3, 0.4) is 0 Å². The zero-order valence-corrected chi connectivity index (χ0v) is 17.7. The van der Waals surface area contributed by atoms with Crippen LogP contribution in [0.1, 0.15) is 24.8 Å². The highest BCUT2D eigenvalue weighted by molar-refractivity contribution is 5.72. The van der Waals surface area contributed by atoms with E-state index in [0.29, 0.717) is 12.0 Å². The number of fused-ring (bicyclic) bond motifs is 5. The molecule has 1 aliphatic carbocycles. The third kappa shape index (κ3) is 3.22. The summed E-state index contributed by atoms with van der Waals surface area (Å²) >= 11 is 0. The molecular weight excluding hydrogens is 403 g/mol. The molecule has 5 nitrogen and oxygen atoms in total. The van der Waals surface area contributed by atoms with Crippen LogP contribution in [0.4, 0.5) is 10.1 Å². The number of hydrogen-bond acceptors (Lipinski definition) is 3. The topological polar surface area (TPSA) is 55.0 Å². The lowest BCUT2D eigenvalue weighted by molar-refractivity contribution is 0.222. The molecule has 1 saturated carbocycles. The molecule has 6 rings (SSSR count). The van der Waals surface area contributed by atoms with Crippen LogP contribution in [0.5, 0.6) is 0 Å². The molecule has 2 atom stereocenters. The predicted octanol–water partition coefficient (Wildman–Crippen LogP) is 5.08. The Hall–Kier alpha value is -3.38. The largest absolute Gasteiger partial charge is 0.396 e. The Balaban J connectivity index is 1.39. The van der Waals surface area contributed by atoms with Gasteiger partial charge < -0.3 is 15.0 Å². The van der Waals surface area contributed by atoms with Gasteiger partial charge in [0, 0.05) is 55.0 Å². The van der Waals surface area contributed by atoms with Crippen LogP contribution in [0.2, 0.25) is 0 Å². The summed E-state index contributed by atoms with van der Waals surface area (Å²) < 4.78 is 17.8. The van der Waals surface area contributed by atoms with E-state index >= 15 is 0 Å². The van der Waals surface area contributed by atoms with Crippen LogP contribution in [-0.4, -0.2) is 31.9 Å². The molecule has 162 valence electrons. The van der Waals surface area contributed by atoms with Crippen molar-refractivity contribution < 1.29 is 9.50 Å². The Morgan fingerprint density at radius 2 is 1.94 bits per heavy atom. The van der Waals surface area contributed by atoms with Crippen LogP contribution in [0, 0.1) is 11.7 Å². The molecular formula is C26H25FN4O. The molecule has 1 aliphatic heterocycles. The van der Waals surface area contributed by atoms with Crippen LogP contribution in [-0.2, 0) is 6.54 Å². The molecule has 0 radical (unpaired) electrons. The highest BCUT2D eigenvalue weighted by Crippen LogP contribution is 2.35. The average Bonchev–Trinajstić information content (AvgIpc) is 3.53. The van der Waals surface area contributed by atoms with Gasteiger partial charge in [0.2, 0.25) is 0 Å². The third-order valence-electron chi connectivity index (χ3n) is 6.87. The van der Waals surface area contributed by atoms with Crippen molar-refractivity contribution in [3.8, 4) is 28.3 Å². The molecule has 0 spiro atoms. The molecule has 0 bridgehead atoms. The van der Waals surface area contributed by atoms with Crippen LogP contribution >= 0.6 is 0 Å². The van der Waals surface area contributed by atoms with E-state index in [2.05, 4.69) is 49.9 Å². The predicted molar refractivity (Wildman–Crippen MR) is 123 cm³/mol. The van der Waals surface area contributed by atoms with E-state index in [1.807, 2.05) is 24.5 Å². The molecule has 0 amide bonds. The van der Waals surface area contributed by atoms with Crippen molar-refractivity contribution in [2.24, 2.45) is 5.92 Å². The van der Waals surface area contributed by atoms with Crippen LogP contribution < -0.4 is 5.32 Å². The van der Waals surface area contributed by atoms with E-state index in [1.54, 1.807) is 0 Å². The van der Waals surface area contributed by atoms with Crippen molar-refractivity contribution >= 4 is 5.69 Å². The van der Waals surface area contributed by atoms with Crippen molar-refractivity contribution in [1.82, 2.24) is 14.1 Å². The number of hydrogen-bond donors (Lipinski definition) is 2. The molecule has 0 saturated heterocycles. The lowest BCUT2D eigenvalue weighted by Gasteiger charge is -2.21. The van der Waals surface area contributed by atoms with Crippen molar-refractivity contribution in [1.29, 1.82) is 0 Å². The lowest BCUT2D eigenvalue weighted by atomic mass is 10.0. The second-order valence-corrected chi connectivity index (χ2v) is 8.84. The zero-order chi connectivity index (χ0) is 21.7. The first-order chi connectivity index (χ1) is 15.7. The molecule has 2 N–H and O–H groups in total. The van der Waals surface area contributed by atoms with E-state index < -0.39 is 0 Å². The fourth-order valence-corrected chi connectivity index (χ4v) is 5.20. The summed E-state index contributed by atoms with van der Waals surface area (Å²) in [6.45, 7) is 0.957. The van der Waals surface area contributed by atoms with E-state index in [-0.39, 0.29) is 12.4 Å². The SMILES string of the molecule is OC[C@@H]1CCC[C@H]1Nc1ccc2c(c1)Cn1cc(-c3ccc(F)cc3)cc1-c1nccn1-2. The normalized spacial score (nSPS) is 19.2. The average molecular weight is 429 g/mol. The maximum Gasteiger partial charge on any atom is 0.161 e. The zero-order valence-electron chi connectivity index (χ0n) is 17.7. The summed E-state index contributed by atoms with van der Waals surface area (Å²) in [4.78, 5) is 4.64. The minimum Gasteiger partial charge on any atom is -0.396 e. The van der Waals surface area contributed by atoms with Gasteiger partial charge in [-0.05, 0) is 60.4 Å². The van der Waals surface area contributed by atoms with Gasteiger partial charge in [-0.25, -0.2) is 9.37 Å². The highest BCUT2D eigenvalue weighted by Gasteiger charge is 2.27. The summed E-state index contributed by atoms with van der Waals surface area (Å²) in [6, 6.07) is 15.6.